The molecule has 0 aliphatic carbocycles. The van der Waals surface area contributed by atoms with Crippen molar-refractivity contribution in [1.82, 2.24) is 5.43 Å². The minimum absolute atomic E-state index is 0.362. The fraction of sp³-hybridized carbons (Fsp3) is 0.130. The van der Waals surface area contributed by atoms with E-state index in [0.717, 1.165) is 11.1 Å². The lowest BCUT2D eigenvalue weighted by Crippen LogP contribution is -2.18. The van der Waals surface area contributed by atoms with Gasteiger partial charge in [0.1, 0.15) is 12.4 Å². The molecule has 0 saturated carbocycles. The summed E-state index contributed by atoms with van der Waals surface area (Å²) < 4.78 is 16.4. The molecular weight excluding hydrogens is 404 g/mol. The molecular formula is C23H21ClN2O4. The molecule has 0 unspecified atom stereocenters. The van der Waals surface area contributed by atoms with Gasteiger partial charge in [-0.2, -0.15) is 5.10 Å². The molecule has 3 aromatic carbocycles. The van der Waals surface area contributed by atoms with Crippen molar-refractivity contribution in [2.45, 2.75) is 6.61 Å². The number of amides is 1. The van der Waals surface area contributed by atoms with Gasteiger partial charge in [0.25, 0.3) is 5.91 Å². The molecule has 0 atom stereocenters. The Morgan fingerprint density at radius 1 is 0.967 bits per heavy atom. The van der Waals surface area contributed by atoms with Gasteiger partial charge in [0, 0.05) is 5.02 Å². The number of benzene rings is 3. The first-order chi connectivity index (χ1) is 14.6. The Balaban J connectivity index is 1.63. The van der Waals surface area contributed by atoms with Crippen molar-refractivity contribution in [2.24, 2.45) is 5.10 Å². The van der Waals surface area contributed by atoms with Crippen molar-refractivity contribution < 1.29 is 19.0 Å². The molecule has 0 heterocycles. The fourth-order valence-corrected chi connectivity index (χ4v) is 2.81. The number of hydrogen-bond acceptors (Lipinski definition) is 5. The van der Waals surface area contributed by atoms with E-state index in [9.17, 15) is 4.79 Å². The summed E-state index contributed by atoms with van der Waals surface area (Å²) in [5, 5.41) is 4.69. The second-order valence-corrected chi connectivity index (χ2v) is 6.66. The number of para-hydroxylation sites is 1. The van der Waals surface area contributed by atoms with Crippen LogP contribution < -0.4 is 19.6 Å². The highest BCUT2D eigenvalue weighted by Crippen LogP contribution is 2.28. The molecule has 3 aromatic rings. The molecule has 0 aromatic heterocycles. The molecule has 1 amide bonds. The average molecular weight is 425 g/mol. The summed E-state index contributed by atoms with van der Waals surface area (Å²) in [5.74, 6) is 1.28. The van der Waals surface area contributed by atoms with Gasteiger partial charge in [0.05, 0.1) is 26.0 Å². The Morgan fingerprint density at radius 2 is 1.70 bits per heavy atom. The molecule has 30 heavy (non-hydrogen) atoms. The number of methoxy groups -OCH3 is 2. The lowest BCUT2D eigenvalue weighted by molar-refractivity contribution is 0.0952. The molecule has 3 rings (SSSR count). The summed E-state index contributed by atoms with van der Waals surface area (Å²) in [4.78, 5) is 12.3. The van der Waals surface area contributed by atoms with Crippen molar-refractivity contribution >= 4 is 23.7 Å². The molecule has 6 nitrogen and oxygen atoms in total. The van der Waals surface area contributed by atoms with Crippen LogP contribution in [0.4, 0.5) is 0 Å². The Labute approximate surface area is 180 Å². The Bertz CT molecular complexity index is 1040. The third kappa shape index (κ3) is 5.52. The van der Waals surface area contributed by atoms with Crippen LogP contribution in [0.15, 0.2) is 71.8 Å². The molecule has 0 aliphatic heterocycles. The number of nitrogens with zero attached hydrogens (tertiary/aromatic N) is 1. The first-order valence-electron chi connectivity index (χ1n) is 9.12. The quantitative estimate of drug-likeness (QED) is 0.420. The maximum atomic E-state index is 12.3. The third-order valence-electron chi connectivity index (χ3n) is 4.23. The summed E-state index contributed by atoms with van der Waals surface area (Å²) >= 11 is 5.90. The Kier molecular flexibility index (Phi) is 7.29. The van der Waals surface area contributed by atoms with E-state index >= 15 is 0 Å². The first kappa shape index (κ1) is 21.2. The highest BCUT2D eigenvalue weighted by Gasteiger charge is 2.10. The topological polar surface area (TPSA) is 69.2 Å². The molecule has 0 radical (unpaired) electrons. The highest BCUT2D eigenvalue weighted by molar-refractivity contribution is 6.30. The molecule has 1 N–H and O–H groups in total. The van der Waals surface area contributed by atoms with Crippen LogP contribution in [0.25, 0.3) is 0 Å². The van der Waals surface area contributed by atoms with Gasteiger partial charge in [-0.05, 0) is 53.6 Å². The van der Waals surface area contributed by atoms with E-state index in [4.69, 9.17) is 25.8 Å². The van der Waals surface area contributed by atoms with Gasteiger partial charge in [0.15, 0.2) is 11.5 Å². The Morgan fingerprint density at radius 3 is 2.43 bits per heavy atom. The van der Waals surface area contributed by atoms with E-state index in [1.54, 1.807) is 43.5 Å². The molecule has 7 heteroatoms. The van der Waals surface area contributed by atoms with Crippen LogP contribution in [0.3, 0.4) is 0 Å². The third-order valence-corrected chi connectivity index (χ3v) is 4.48. The molecule has 0 fully saturated rings. The number of halogens is 1. The van der Waals surface area contributed by atoms with Crippen molar-refractivity contribution in [2.75, 3.05) is 14.2 Å². The van der Waals surface area contributed by atoms with Gasteiger partial charge in [-0.3, -0.25) is 4.79 Å². The predicted octanol–water partition coefficient (Wildman–Crippen LogP) is 4.70. The summed E-state index contributed by atoms with van der Waals surface area (Å²) in [6, 6.07) is 19.8. The van der Waals surface area contributed by atoms with Crippen molar-refractivity contribution in [3.05, 3.63) is 88.4 Å². The number of carbonyl (C=O) groups excluding carboxylic acids is 1. The van der Waals surface area contributed by atoms with E-state index in [2.05, 4.69) is 10.5 Å². The minimum Gasteiger partial charge on any atom is -0.496 e. The summed E-state index contributed by atoms with van der Waals surface area (Å²) in [7, 11) is 3.08. The molecule has 0 aliphatic rings. The van der Waals surface area contributed by atoms with E-state index in [0.29, 0.717) is 34.4 Å². The van der Waals surface area contributed by atoms with Crippen molar-refractivity contribution in [3.8, 4) is 17.2 Å². The van der Waals surface area contributed by atoms with E-state index in [1.807, 2.05) is 30.3 Å². The van der Waals surface area contributed by atoms with Crippen molar-refractivity contribution in [1.29, 1.82) is 0 Å². The second-order valence-electron chi connectivity index (χ2n) is 6.22. The maximum Gasteiger partial charge on any atom is 0.275 e. The van der Waals surface area contributed by atoms with Gasteiger partial charge in [-0.1, -0.05) is 35.9 Å². The highest BCUT2D eigenvalue weighted by atomic mass is 35.5. The van der Waals surface area contributed by atoms with Gasteiger partial charge < -0.3 is 14.2 Å². The lowest BCUT2D eigenvalue weighted by Gasteiger charge is -2.11. The van der Waals surface area contributed by atoms with Gasteiger partial charge in [0.2, 0.25) is 0 Å². The number of nitrogens with one attached hydrogen (secondary N) is 1. The van der Waals surface area contributed by atoms with Gasteiger partial charge >= 0.3 is 0 Å². The molecule has 0 saturated heterocycles. The maximum absolute atomic E-state index is 12.3. The molecule has 0 bridgehead atoms. The number of ether oxygens (including phenoxy) is 3. The van der Waals surface area contributed by atoms with Crippen LogP contribution in [0.2, 0.25) is 5.02 Å². The predicted molar refractivity (Wildman–Crippen MR) is 117 cm³/mol. The van der Waals surface area contributed by atoms with Crippen LogP contribution in [0, 0.1) is 0 Å². The number of carbonyl (C=O) groups is 1. The lowest BCUT2D eigenvalue weighted by atomic mass is 10.2. The zero-order chi connectivity index (χ0) is 21.3. The first-order valence-corrected chi connectivity index (χ1v) is 9.50. The zero-order valence-corrected chi connectivity index (χ0v) is 17.3. The Hall–Kier alpha value is -3.51. The summed E-state index contributed by atoms with van der Waals surface area (Å²) in [5.41, 5.74) is 4.63. The SMILES string of the molecule is COc1cc(/C=N/NC(=O)c2ccccc2OC)ccc1OCc1ccc(Cl)cc1. The van der Waals surface area contributed by atoms with E-state index in [-0.39, 0.29) is 5.91 Å². The van der Waals surface area contributed by atoms with E-state index in [1.165, 1.54) is 13.3 Å². The fourth-order valence-electron chi connectivity index (χ4n) is 2.68. The van der Waals surface area contributed by atoms with Crippen LogP contribution in [-0.4, -0.2) is 26.3 Å². The van der Waals surface area contributed by atoms with Gasteiger partial charge in [-0.15, -0.1) is 0 Å². The van der Waals surface area contributed by atoms with E-state index < -0.39 is 0 Å². The second kappa shape index (κ2) is 10.3. The van der Waals surface area contributed by atoms with Crippen LogP contribution >= 0.6 is 11.6 Å². The minimum atomic E-state index is -0.362. The molecule has 0 spiro atoms. The average Bonchev–Trinajstić information content (AvgIpc) is 2.79. The normalized spacial score (nSPS) is 10.6. The van der Waals surface area contributed by atoms with Crippen LogP contribution in [0.5, 0.6) is 17.2 Å². The largest absolute Gasteiger partial charge is 0.496 e. The van der Waals surface area contributed by atoms with Crippen LogP contribution in [0.1, 0.15) is 21.5 Å². The van der Waals surface area contributed by atoms with Gasteiger partial charge in [-0.25, -0.2) is 5.43 Å². The van der Waals surface area contributed by atoms with Crippen molar-refractivity contribution in [3.63, 3.8) is 0 Å². The smallest absolute Gasteiger partial charge is 0.275 e. The number of hydrogen-bond donors (Lipinski definition) is 1. The monoisotopic (exact) mass is 424 g/mol. The number of hydrazone groups is 1. The van der Waals surface area contributed by atoms with Crippen LogP contribution in [-0.2, 0) is 6.61 Å². The summed E-state index contributed by atoms with van der Waals surface area (Å²) in [6.45, 7) is 0.385. The summed E-state index contributed by atoms with van der Waals surface area (Å²) in [6.07, 6.45) is 1.53. The molecule has 154 valence electrons. The standard InChI is InChI=1S/C23H21ClN2O4/c1-28-20-6-4-3-5-19(20)23(27)26-25-14-17-9-12-21(22(13-17)29-2)30-15-16-7-10-18(24)11-8-16/h3-14H,15H2,1-2H3,(H,26,27)/b25-14+. The number of rotatable bonds is 8. The zero-order valence-electron chi connectivity index (χ0n) is 16.6.